The number of thiazole rings is 1. The summed E-state index contributed by atoms with van der Waals surface area (Å²) >= 11 is 1.72. The van der Waals surface area contributed by atoms with Crippen LogP contribution in [0.5, 0.6) is 0 Å². The van der Waals surface area contributed by atoms with Gasteiger partial charge in [0.05, 0.1) is 16.7 Å². The highest BCUT2D eigenvalue weighted by atomic mass is 32.1. The van der Waals surface area contributed by atoms with E-state index >= 15 is 0 Å². The first-order valence-electron chi connectivity index (χ1n) is 6.82. The lowest BCUT2D eigenvalue weighted by Gasteiger charge is -2.16. The summed E-state index contributed by atoms with van der Waals surface area (Å²) < 4.78 is 2.09. The van der Waals surface area contributed by atoms with Gasteiger partial charge >= 0.3 is 0 Å². The molecule has 0 saturated heterocycles. The molecule has 4 nitrogen and oxygen atoms in total. The van der Waals surface area contributed by atoms with Crippen molar-refractivity contribution in [3.8, 4) is 0 Å². The van der Waals surface area contributed by atoms with Gasteiger partial charge in [0.1, 0.15) is 5.82 Å². The zero-order chi connectivity index (χ0) is 13.7. The topological polar surface area (TPSA) is 42.7 Å². The molecule has 0 spiro atoms. The first-order chi connectivity index (χ1) is 9.20. The lowest BCUT2D eigenvalue weighted by atomic mass is 10.1. The highest BCUT2D eigenvalue weighted by molar-refractivity contribution is 7.09. The standard InChI is InChI=1S/C14H22N4S/c1-4-7-15-12(13-10-19-11(2)17-13)5-6-14-16-8-9-18(14)3/h8-10,12,15H,4-7H2,1-3H3. The Morgan fingerprint density at radius 3 is 2.89 bits per heavy atom. The van der Waals surface area contributed by atoms with Crippen molar-refractivity contribution in [1.82, 2.24) is 19.9 Å². The van der Waals surface area contributed by atoms with E-state index in [-0.39, 0.29) is 0 Å². The molecule has 0 aliphatic rings. The van der Waals surface area contributed by atoms with E-state index < -0.39 is 0 Å². The second kappa shape index (κ2) is 6.82. The van der Waals surface area contributed by atoms with Crippen molar-refractivity contribution in [2.75, 3.05) is 6.54 Å². The third kappa shape index (κ3) is 3.88. The Bertz CT molecular complexity index is 503. The van der Waals surface area contributed by atoms with Crippen LogP contribution in [0.2, 0.25) is 0 Å². The maximum absolute atomic E-state index is 4.62. The van der Waals surface area contributed by atoms with Crippen molar-refractivity contribution >= 4 is 11.3 Å². The van der Waals surface area contributed by atoms with Crippen LogP contribution < -0.4 is 5.32 Å². The van der Waals surface area contributed by atoms with Crippen molar-refractivity contribution in [2.24, 2.45) is 7.05 Å². The molecule has 2 rings (SSSR count). The summed E-state index contributed by atoms with van der Waals surface area (Å²) in [6.45, 7) is 5.28. The van der Waals surface area contributed by atoms with Crippen LogP contribution in [0.25, 0.3) is 0 Å². The highest BCUT2D eigenvalue weighted by Crippen LogP contribution is 2.20. The molecule has 0 aliphatic carbocycles. The van der Waals surface area contributed by atoms with E-state index in [0.29, 0.717) is 6.04 Å². The van der Waals surface area contributed by atoms with Crippen LogP contribution in [0.3, 0.4) is 0 Å². The molecule has 19 heavy (non-hydrogen) atoms. The van der Waals surface area contributed by atoms with Crippen LogP contribution in [0, 0.1) is 6.92 Å². The van der Waals surface area contributed by atoms with Crippen molar-refractivity contribution in [1.29, 1.82) is 0 Å². The van der Waals surface area contributed by atoms with Gasteiger partial charge in [-0.2, -0.15) is 0 Å². The highest BCUT2D eigenvalue weighted by Gasteiger charge is 2.14. The van der Waals surface area contributed by atoms with Crippen LogP contribution in [0.15, 0.2) is 17.8 Å². The summed E-state index contributed by atoms with van der Waals surface area (Å²) in [5.41, 5.74) is 1.17. The zero-order valence-electron chi connectivity index (χ0n) is 11.9. The molecule has 0 radical (unpaired) electrons. The number of rotatable bonds is 7. The van der Waals surface area contributed by atoms with Crippen molar-refractivity contribution in [3.63, 3.8) is 0 Å². The SMILES string of the molecule is CCCNC(CCc1nccn1C)c1csc(C)n1. The fraction of sp³-hybridized carbons (Fsp3) is 0.571. The minimum atomic E-state index is 0.335. The fourth-order valence-electron chi connectivity index (χ4n) is 2.12. The Labute approximate surface area is 118 Å². The van der Waals surface area contributed by atoms with Gasteiger partial charge in [-0.3, -0.25) is 0 Å². The number of nitrogens with one attached hydrogen (secondary N) is 1. The smallest absolute Gasteiger partial charge is 0.108 e. The summed E-state index contributed by atoms with van der Waals surface area (Å²) in [4.78, 5) is 9.00. The second-order valence-corrected chi connectivity index (χ2v) is 5.85. The van der Waals surface area contributed by atoms with Crippen LogP contribution in [0.4, 0.5) is 0 Å². The van der Waals surface area contributed by atoms with Gasteiger partial charge in [0.25, 0.3) is 0 Å². The predicted octanol–water partition coefficient (Wildman–Crippen LogP) is 2.86. The predicted molar refractivity (Wildman–Crippen MR) is 79.4 cm³/mol. The molecule has 5 heteroatoms. The first-order valence-corrected chi connectivity index (χ1v) is 7.70. The largest absolute Gasteiger partial charge is 0.338 e. The molecule has 1 N–H and O–H groups in total. The number of aryl methyl sites for hydroxylation is 3. The summed E-state index contributed by atoms with van der Waals surface area (Å²) in [5, 5.41) is 6.89. The Morgan fingerprint density at radius 2 is 2.32 bits per heavy atom. The van der Waals surface area contributed by atoms with Gasteiger partial charge in [0, 0.05) is 31.2 Å². The third-order valence-corrected chi connectivity index (χ3v) is 4.00. The normalized spacial score (nSPS) is 12.8. The number of aromatic nitrogens is 3. The van der Waals surface area contributed by atoms with E-state index in [1.165, 1.54) is 5.69 Å². The Hall–Kier alpha value is -1.20. The molecule has 104 valence electrons. The molecular formula is C14H22N4S. The number of imidazole rings is 1. The molecule has 2 aromatic heterocycles. The van der Waals surface area contributed by atoms with Gasteiger partial charge in [0.15, 0.2) is 0 Å². The molecule has 2 heterocycles. The van der Waals surface area contributed by atoms with Gasteiger partial charge in [-0.25, -0.2) is 9.97 Å². The lowest BCUT2D eigenvalue weighted by molar-refractivity contribution is 0.483. The van der Waals surface area contributed by atoms with Crippen LogP contribution in [0.1, 0.15) is 42.3 Å². The summed E-state index contributed by atoms with van der Waals surface area (Å²) in [5.74, 6) is 1.13. The van der Waals surface area contributed by atoms with E-state index in [1.807, 2.05) is 19.4 Å². The monoisotopic (exact) mass is 278 g/mol. The molecule has 0 fully saturated rings. The first kappa shape index (κ1) is 14.2. The molecule has 0 bridgehead atoms. The molecule has 0 aliphatic heterocycles. The van der Waals surface area contributed by atoms with Crippen LogP contribution >= 0.6 is 11.3 Å². The van der Waals surface area contributed by atoms with Crippen molar-refractivity contribution < 1.29 is 0 Å². The quantitative estimate of drug-likeness (QED) is 0.847. The second-order valence-electron chi connectivity index (χ2n) is 4.79. The summed E-state index contributed by atoms with van der Waals surface area (Å²) in [7, 11) is 2.05. The number of nitrogens with zero attached hydrogens (tertiary/aromatic N) is 3. The zero-order valence-corrected chi connectivity index (χ0v) is 12.7. The summed E-state index contributed by atoms with van der Waals surface area (Å²) in [6.07, 6.45) is 7.01. The van der Waals surface area contributed by atoms with E-state index in [4.69, 9.17) is 0 Å². The molecule has 1 atom stereocenters. The van der Waals surface area contributed by atoms with Gasteiger partial charge in [0.2, 0.25) is 0 Å². The van der Waals surface area contributed by atoms with Gasteiger partial charge in [-0.15, -0.1) is 11.3 Å². The van der Waals surface area contributed by atoms with E-state index in [0.717, 1.165) is 36.6 Å². The summed E-state index contributed by atoms with van der Waals surface area (Å²) in [6, 6.07) is 0.335. The maximum Gasteiger partial charge on any atom is 0.108 e. The molecule has 1 unspecified atom stereocenters. The van der Waals surface area contributed by atoms with Crippen molar-refractivity contribution in [3.05, 3.63) is 34.3 Å². The minimum absolute atomic E-state index is 0.335. The Balaban J connectivity index is 1.99. The molecule has 2 aromatic rings. The van der Waals surface area contributed by atoms with E-state index in [1.54, 1.807) is 11.3 Å². The minimum Gasteiger partial charge on any atom is -0.338 e. The number of hydrogen-bond donors (Lipinski definition) is 1. The van der Waals surface area contributed by atoms with E-state index in [9.17, 15) is 0 Å². The Kier molecular flexibility index (Phi) is 5.10. The van der Waals surface area contributed by atoms with E-state index in [2.05, 4.69) is 39.1 Å². The molecule has 0 amide bonds. The van der Waals surface area contributed by atoms with Crippen molar-refractivity contribution in [2.45, 2.75) is 39.2 Å². The van der Waals surface area contributed by atoms with Gasteiger partial charge in [-0.05, 0) is 26.3 Å². The third-order valence-electron chi connectivity index (χ3n) is 3.21. The number of hydrogen-bond acceptors (Lipinski definition) is 4. The molecular weight excluding hydrogens is 256 g/mol. The molecule has 0 aromatic carbocycles. The average Bonchev–Trinajstić information content (AvgIpc) is 2.99. The fourth-order valence-corrected chi connectivity index (χ4v) is 2.79. The Morgan fingerprint density at radius 1 is 1.47 bits per heavy atom. The lowest BCUT2D eigenvalue weighted by Crippen LogP contribution is -2.23. The average molecular weight is 278 g/mol. The molecule has 0 saturated carbocycles. The van der Waals surface area contributed by atoms with Gasteiger partial charge < -0.3 is 9.88 Å². The van der Waals surface area contributed by atoms with Crippen LogP contribution in [-0.4, -0.2) is 21.1 Å². The maximum atomic E-state index is 4.62. The van der Waals surface area contributed by atoms with Gasteiger partial charge in [-0.1, -0.05) is 6.92 Å². The van der Waals surface area contributed by atoms with Crippen LogP contribution in [-0.2, 0) is 13.5 Å².